The van der Waals surface area contributed by atoms with Gasteiger partial charge in [0.25, 0.3) is 0 Å². The Morgan fingerprint density at radius 3 is 2.50 bits per heavy atom. The molecule has 34 heavy (non-hydrogen) atoms. The van der Waals surface area contributed by atoms with Gasteiger partial charge in [-0.25, -0.2) is 4.79 Å². The van der Waals surface area contributed by atoms with Crippen molar-refractivity contribution in [2.45, 2.75) is 36.1 Å². The summed E-state index contributed by atoms with van der Waals surface area (Å²) in [7, 11) is 0. The first kappa shape index (κ1) is 24.3. The molecule has 10 heteroatoms. The Morgan fingerprint density at radius 1 is 1.21 bits per heavy atom. The van der Waals surface area contributed by atoms with Crippen LogP contribution < -0.4 is 0 Å². The summed E-state index contributed by atoms with van der Waals surface area (Å²) in [5.74, 6) is -0.524. The summed E-state index contributed by atoms with van der Waals surface area (Å²) in [6.45, 7) is 3.14. The lowest BCUT2D eigenvalue weighted by Gasteiger charge is -2.27. The molecule has 2 heterocycles. The number of hydrogen-bond donors (Lipinski definition) is 2. The molecule has 0 unspecified atom stereocenters. The zero-order valence-electron chi connectivity index (χ0n) is 18.2. The fourth-order valence-corrected chi connectivity index (χ4v) is 6.73. The van der Waals surface area contributed by atoms with E-state index in [0.717, 1.165) is 36.3 Å². The number of aromatic nitrogens is 1. The molecule has 1 saturated carbocycles. The second-order valence-electron chi connectivity index (χ2n) is 8.54. The van der Waals surface area contributed by atoms with Gasteiger partial charge in [0, 0.05) is 53.0 Å². The van der Waals surface area contributed by atoms with Crippen LogP contribution in [0, 0.1) is 0 Å². The number of fused-ring (bicyclic) bond motifs is 1. The number of carboxylic acid groups (broad SMARTS) is 1. The van der Waals surface area contributed by atoms with Gasteiger partial charge in [0.2, 0.25) is 0 Å². The van der Waals surface area contributed by atoms with Crippen molar-refractivity contribution in [3.05, 3.63) is 55.6 Å². The number of carboxylic acids is 1. The molecule has 0 bridgehead atoms. The van der Waals surface area contributed by atoms with Crippen LogP contribution in [0.25, 0.3) is 10.9 Å². The Bertz CT molecular complexity index is 1250. The molecule has 1 aliphatic heterocycles. The summed E-state index contributed by atoms with van der Waals surface area (Å²) in [4.78, 5) is 15.6. The SMILES string of the molecule is O=C(O)c1c(CSc2c(Cl)cccc2Cl)n(C2CC2)c2cc(Br)c(O)c(CN3CCOCC3)c12. The molecule has 0 amide bonds. The number of rotatable bonds is 7. The first-order chi connectivity index (χ1) is 16.4. The first-order valence-electron chi connectivity index (χ1n) is 11.0. The van der Waals surface area contributed by atoms with Crippen LogP contribution in [-0.2, 0) is 17.0 Å². The number of aromatic carboxylic acids is 1. The van der Waals surface area contributed by atoms with E-state index in [-0.39, 0.29) is 17.4 Å². The lowest BCUT2D eigenvalue weighted by molar-refractivity contribution is 0.0340. The van der Waals surface area contributed by atoms with Gasteiger partial charge < -0.3 is 19.5 Å². The van der Waals surface area contributed by atoms with Crippen molar-refractivity contribution in [2.75, 3.05) is 26.3 Å². The number of thioether (sulfide) groups is 1. The molecule has 3 aromatic rings. The minimum atomic E-state index is -1.00. The predicted molar refractivity (Wildman–Crippen MR) is 139 cm³/mol. The van der Waals surface area contributed by atoms with E-state index in [2.05, 4.69) is 25.4 Å². The molecular weight excluding hydrogens is 563 g/mol. The van der Waals surface area contributed by atoms with Crippen molar-refractivity contribution in [1.82, 2.24) is 9.47 Å². The van der Waals surface area contributed by atoms with Gasteiger partial charge in [0.1, 0.15) is 5.75 Å². The molecule has 180 valence electrons. The van der Waals surface area contributed by atoms with Gasteiger partial charge in [-0.1, -0.05) is 29.3 Å². The number of carbonyl (C=O) groups is 1. The number of halogens is 3. The predicted octanol–water partition coefficient (Wildman–Crippen LogP) is 6.57. The Hall–Kier alpha value is -1.42. The van der Waals surface area contributed by atoms with E-state index in [1.165, 1.54) is 11.8 Å². The van der Waals surface area contributed by atoms with Gasteiger partial charge in [-0.2, -0.15) is 0 Å². The van der Waals surface area contributed by atoms with Crippen molar-refractivity contribution in [2.24, 2.45) is 0 Å². The van der Waals surface area contributed by atoms with Gasteiger partial charge >= 0.3 is 5.97 Å². The maximum atomic E-state index is 12.7. The third kappa shape index (κ3) is 4.56. The number of phenolic OH excluding ortho intramolecular Hbond substituents is 1. The van der Waals surface area contributed by atoms with E-state index in [1.807, 2.05) is 6.07 Å². The van der Waals surface area contributed by atoms with E-state index >= 15 is 0 Å². The lowest BCUT2D eigenvalue weighted by Crippen LogP contribution is -2.35. The number of nitrogens with zero attached hydrogens (tertiary/aromatic N) is 2. The minimum Gasteiger partial charge on any atom is -0.506 e. The van der Waals surface area contributed by atoms with Crippen LogP contribution in [0.1, 0.15) is 40.5 Å². The van der Waals surface area contributed by atoms with Crippen LogP contribution in [0.3, 0.4) is 0 Å². The molecule has 1 aromatic heterocycles. The van der Waals surface area contributed by atoms with Crippen molar-refractivity contribution in [1.29, 1.82) is 0 Å². The normalized spacial score (nSPS) is 16.9. The lowest BCUT2D eigenvalue weighted by atomic mass is 10.0. The van der Waals surface area contributed by atoms with Gasteiger partial charge in [-0.3, -0.25) is 4.90 Å². The highest BCUT2D eigenvalue weighted by Crippen LogP contribution is 2.47. The zero-order valence-corrected chi connectivity index (χ0v) is 22.1. The second-order valence-corrected chi connectivity index (χ2v) is 11.2. The zero-order chi connectivity index (χ0) is 24.0. The summed E-state index contributed by atoms with van der Waals surface area (Å²) < 4.78 is 8.17. The van der Waals surface area contributed by atoms with E-state index in [9.17, 15) is 15.0 Å². The van der Waals surface area contributed by atoms with Crippen molar-refractivity contribution in [3.63, 3.8) is 0 Å². The molecule has 2 aliphatic rings. The van der Waals surface area contributed by atoms with Crippen LogP contribution in [0.4, 0.5) is 0 Å². The number of aromatic hydroxyl groups is 1. The fourth-order valence-electron chi connectivity index (χ4n) is 4.58. The molecule has 2 N–H and O–H groups in total. The van der Waals surface area contributed by atoms with Crippen molar-refractivity contribution in [3.8, 4) is 5.75 Å². The standard InChI is InChI=1S/C24H23BrCl2N2O4S/c25-15-10-18-20(14(22(15)30)11-28-6-8-33-9-7-28)21(24(31)32)19(29(18)13-4-5-13)12-34-23-16(26)2-1-3-17(23)27/h1-3,10,13,30H,4-9,11-12H2,(H,31,32). The summed E-state index contributed by atoms with van der Waals surface area (Å²) in [6.07, 6.45) is 1.98. The van der Waals surface area contributed by atoms with Crippen LogP contribution >= 0.6 is 50.9 Å². The number of phenols is 1. The number of hydrogen-bond acceptors (Lipinski definition) is 5. The molecule has 0 spiro atoms. The smallest absolute Gasteiger partial charge is 0.338 e. The molecule has 0 atom stereocenters. The molecule has 2 aromatic carbocycles. The average Bonchev–Trinajstić information content (AvgIpc) is 3.59. The highest BCUT2D eigenvalue weighted by atomic mass is 79.9. The van der Waals surface area contributed by atoms with E-state index in [0.29, 0.717) is 56.7 Å². The molecular formula is C24H23BrCl2N2O4S. The Balaban J connectivity index is 1.67. The summed E-state index contributed by atoms with van der Waals surface area (Å²) in [5.41, 5.74) is 2.41. The van der Waals surface area contributed by atoms with Crippen molar-refractivity contribution >= 4 is 67.8 Å². The van der Waals surface area contributed by atoms with Crippen LogP contribution in [0.5, 0.6) is 5.75 Å². The van der Waals surface area contributed by atoms with Gasteiger partial charge in [0.05, 0.1) is 38.8 Å². The first-order valence-corrected chi connectivity index (χ1v) is 13.6. The summed E-state index contributed by atoms with van der Waals surface area (Å²) in [6, 6.07) is 7.42. The van der Waals surface area contributed by atoms with Gasteiger partial charge in [-0.15, -0.1) is 11.8 Å². The molecule has 0 radical (unpaired) electrons. The third-order valence-corrected chi connectivity index (χ3v) is 8.91. The van der Waals surface area contributed by atoms with Crippen LogP contribution in [0.2, 0.25) is 10.0 Å². The van der Waals surface area contributed by atoms with Crippen molar-refractivity contribution < 1.29 is 19.7 Å². The van der Waals surface area contributed by atoms with E-state index < -0.39 is 5.97 Å². The highest BCUT2D eigenvalue weighted by Gasteiger charge is 2.34. The second kappa shape index (κ2) is 9.91. The molecule has 5 rings (SSSR count). The Morgan fingerprint density at radius 2 is 1.88 bits per heavy atom. The topological polar surface area (TPSA) is 74.9 Å². The molecule has 1 saturated heterocycles. The molecule has 2 fully saturated rings. The fraction of sp³-hybridized carbons (Fsp3) is 0.375. The Labute approximate surface area is 219 Å². The van der Waals surface area contributed by atoms with E-state index in [4.69, 9.17) is 27.9 Å². The monoisotopic (exact) mass is 584 g/mol. The van der Waals surface area contributed by atoms with Crippen LogP contribution in [-0.4, -0.2) is 52.0 Å². The number of benzene rings is 2. The molecule has 1 aliphatic carbocycles. The maximum Gasteiger partial charge on any atom is 0.338 e. The van der Waals surface area contributed by atoms with Crippen LogP contribution in [0.15, 0.2) is 33.6 Å². The number of ether oxygens (including phenoxy) is 1. The highest BCUT2D eigenvalue weighted by molar-refractivity contribution is 9.10. The average molecular weight is 586 g/mol. The quantitative estimate of drug-likeness (QED) is 0.305. The minimum absolute atomic E-state index is 0.0859. The summed E-state index contributed by atoms with van der Waals surface area (Å²) in [5, 5.41) is 23.1. The van der Waals surface area contributed by atoms with Gasteiger partial charge in [-0.05, 0) is 47.0 Å². The van der Waals surface area contributed by atoms with E-state index in [1.54, 1.807) is 18.2 Å². The summed E-state index contributed by atoms with van der Waals surface area (Å²) >= 11 is 17.7. The third-order valence-electron chi connectivity index (χ3n) is 6.31. The molecule has 6 nitrogen and oxygen atoms in total. The maximum absolute atomic E-state index is 12.7. The van der Waals surface area contributed by atoms with Gasteiger partial charge in [0.15, 0.2) is 0 Å². The number of morpholine rings is 1. The Kier molecular flexibility index (Phi) is 7.08. The largest absolute Gasteiger partial charge is 0.506 e.